The van der Waals surface area contributed by atoms with Gasteiger partial charge in [0, 0.05) is 13.7 Å². The number of hydrogen-bond donors (Lipinski definition) is 0. The molecule has 0 spiro atoms. The molecule has 0 saturated carbocycles. The summed E-state index contributed by atoms with van der Waals surface area (Å²) in [5.41, 5.74) is -1.11. The van der Waals surface area contributed by atoms with Crippen molar-refractivity contribution in [3.05, 3.63) is 0 Å². The number of carbonyl (C=O) groups excluding carboxylic acids is 1. The fourth-order valence-corrected chi connectivity index (χ4v) is 2.90. The molecule has 5 nitrogen and oxygen atoms in total. The number of hydrogen-bond acceptors (Lipinski definition) is 4. The van der Waals surface area contributed by atoms with Crippen LogP contribution >= 0.6 is 0 Å². The molecule has 1 aliphatic heterocycles. The van der Waals surface area contributed by atoms with Gasteiger partial charge in [0.25, 0.3) is 0 Å². The number of rotatable bonds is 6. The summed E-state index contributed by atoms with van der Waals surface area (Å²) in [6.45, 7) is 13.1. The van der Waals surface area contributed by atoms with E-state index in [0.717, 1.165) is 25.9 Å². The van der Waals surface area contributed by atoms with Gasteiger partial charge in [0.1, 0.15) is 11.3 Å². The summed E-state index contributed by atoms with van der Waals surface area (Å²) in [5.74, 6) is 0.516. The highest BCUT2D eigenvalue weighted by Gasteiger charge is 2.45. The van der Waals surface area contributed by atoms with Gasteiger partial charge in [0.05, 0.1) is 12.6 Å². The molecular formula is C17H33NO4. The smallest absolute Gasteiger partial charge is 0.412 e. The monoisotopic (exact) mass is 315 g/mol. The zero-order valence-corrected chi connectivity index (χ0v) is 15.3. The van der Waals surface area contributed by atoms with Crippen LogP contribution in [-0.4, -0.2) is 48.7 Å². The predicted octanol–water partition coefficient (Wildman–Crippen LogP) is 3.81. The second-order valence-electron chi connectivity index (χ2n) is 7.74. The van der Waals surface area contributed by atoms with Crippen molar-refractivity contribution in [1.29, 1.82) is 0 Å². The molecule has 1 aliphatic rings. The normalized spacial score (nSPS) is 22.7. The average Bonchev–Trinajstić information content (AvgIpc) is 2.62. The molecule has 5 heteroatoms. The Morgan fingerprint density at radius 2 is 2.05 bits per heavy atom. The van der Waals surface area contributed by atoms with Gasteiger partial charge in [-0.3, -0.25) is 4.90 Å². The van der Waals surface area contributed by atoms with Crippen LogP contribution in [0.3, 0.4) is 0 Å². The standard InChI is InChI=1S/C17H33NO4/c1-13(9-8-10-20-7)11-14-12-21-17(5,6)18(14)15(19)22-16(2,3)4/h13-14H,8-12H2,1-7H3. The Bertz CT molecular complexity index is 362. The van der Waals surface area contributed by atoms with Gasteiger partial charge in [-0.1, -0.05) is 6.92 Å². The maximum absolute atomic E-state index is 12.5. The molecule has 1 amide bonds. The third-order valence-electron chi connectivity index (χ3n) is 3.88. The number of methoxy groups -OCH3 is 1. The van der Waals surface area contributed by atoms with Crippen molar-refractivity contribution in [3.8, 4) is 0 Å². The summed E-state index contributed by atoms with van der Waals surface area (Å²) in [4.78, 5) is 14.3. The average molecular weight is 315 g/mol. The van der Waals surface area contributed by atoms with Crippen molar-refractivity contribution in [1.82, 2.24) is 4.90 Å². The molecule has 1 fully saturated rings. The first-order chi connectivity index (χ1) is 10.1. The number of carbonyl (C=O) groups is 1. The summed E-state index contributed by atoms with van der Waals surface area (Å²) in [5, 5.41) is 0. The zero-order valence-electron chi connectivity index (χ0n) is 15.3. The van der Waals surface area contributed by atoms with E-state index in [1.165, 1.54) is 0 Å². The fraction of sp³-hybridized carbons (Fsp3) is 0.941. The van der Waals surface area contributed by atoms with Crippen molar-refractivity contribution in [2.24, 2.45) is 5.92 Å². The molecule has 0 aliphatic carbocycles. The number of nitrogens with zero attached hydrogens (tertiary/aromatic N) is 1. The lowest BCUT2D eigenvalue weighted by Crippen LogP contribution is -2.50. The van der Waals surface area contributed by atoms with Gasteiger partial charge in [-0.15, -0.1) is 0 Å². The maximum Gasteiger partial charge on any atom is 0.412 e. The minimum Gasteiger partial charge on any atom is -0.444 e. The van der Waals surface area contributed by atoms with Gasteiger partial charge in [-0.2, -0.15) is 0 Å². The minimum atomic E-state index is -0.612. The van der Waals surface area contributed by atoms with E-state index in [1.807, 2.05) is 34.6 Å². The Labute approximate surface area is 135 Å². The lowest BCUT2D eigenvalue weighted by atomic mass is 9.96. The van der Waals surface area contributed by atoms with Crippen LogP contribution in [0.15, 0.2) is 0 Å². The van der Waals surface area contributed by atoms with Gasteiger partial charge in [-0.25, -0.2) is 4.79 Å². The van der Waals surface area contributed by atoms with Crippen LogP contribution in [-0.2, 0) is 14.2 Å². The highest BCUT2D eigenvalue weighted by molar-refractivity contribution is 5.69. The minimum absolute atomic E-state index is 0.0717. The molecular weight excluding hydrogens is 282 g/mol. The third-order valence-corrected chi connectivity index (χ3v) is 3.88. The van der Waals surface area contributed by atoms with Crippen LogP contribution in [0.4, 0.5) is 4.79 Å². The highest BCUT2D eigenvalue weighted by Crippen LogP contribution is 2.32. The Kier molecular flexibility index (Phi) is 6.68. The lowest BCUT2D eigenvalue weighted by molar-refractivity contribution is -0.0630. The Hall–Kier alpha value is -0.810. The summed E-state index contributed by atoms with van der Waals surface area (Å²) >= 11 is 0. The van der Waals surface area contributed by atoms with E-state index >= 15 is 0 Å². The summed E-state index contributed by atoms with van der Waals surface area (Å²) in [6.07, 6.45) is 2.77. The Morgan fingerprint density at radius 3 is 2.59 bits per heavy atom. The van der Waals surface area contributed by atoms with Crippen molar-refractivity contribution in [2.75, 3.05) is 20.3 Å². The van der Waals surface area contributed by atoms with E-state index in [0.29, 0.717) is 12.5 Å². The molecule has 0 aromatic heterocycles. The first-order valence-electron chi connectivity index (χ1n) is 8.22. The van der Waals surface area contributed by atoms with Crippen LogP contribution in [0.2, 0.25) is 0 Å². The van der Waals surface area contributed by atoms with Crippen LogP contribution in [0.1, 0.15) is 60.8 Å². The van der Waals surface area contributed by atoms with Crippen molar-refractivity contribution >= 4 is 6.09 Å². The summed E-state index contributed by atoms with van der Waals surface area (Å²) in [6, 6.07) is 0.0717. The molecule has 1 rings (SSSR count). The van der Waals surface area contributed by atoms with Crippen LogP contribution in [0, 0.1) is 5.92 Å². The zero-order chi connectivity index (χ0) is 17.0. The van der Waals surface area contributed by atoms with E-state index in [4.69, 9.17) is 14.2 Å². The first kappa shape index (κ1) is 19.2. The molecule has 0 bridgehead atoms. The quantitative estimate of drug-likeness (QED) is 0.699. The molecule has 2 atom stereocenters. The van der Waals surface area contributed by atoms with Crippen LogP contribution in [0.25, 0.3) is 0 Å². The van der Waals surface area contributed by atoms with Gasteiger partial charge < -0.3 is 14.2 Å². The van der Waals surface area contributed by atoms with E-state index in [-0.39, 0.29) is 12.1 Å². The maximum atomic E-state index is 12.5. The molecule has 1 heterocycles. The highest BCUT2D eigenvalue weighted by atomic mass is 16.6. The molecule has 0 aromatic rings. The largest absolute Gasteiger partial charge is 0.444 e. The van der Waals surface area contributed by atoms with E-state index in [1.54, 1.807) is 12.0 Å². The fourth-order valence-electron chi connectivity index (χ4n) is 2.90. The molecule has 2 unspecified atom stereocenters. The van der Waals surface area contributed by atoms with Crippen LogP contribution in [0.5, 0.6) is 0 Å². The summed E-state index contributed by atoms with van der Waals surface area (Å²) < 4.78 is 16.5. The Morgan fingerprint density at radius 1 is 1.41 bits per heavy atom. The van der Waals surface area contributed by atoms with E-state index < -0.39 is 11.3 Å². The third kappa shape index (κ3) is 5.76. The number of amides is 1. The predicted molar refractivity (Wildman–Crippen MR) is 86.8 cm³/mol. The molecule has 0 aromatic carbocycles. The lowest BCUT2D eigenvalue weighted by Gasteiger charge is -2.35. The van der Waals surface area contributed by atoms with E-state index in [9.17, 15) is 4.79 Å². The van der Waals surface area contributed by atoms with E-state index in [2.05, 4.69) is 6.92 Å². The Balaban J connectivity index is 2.66. The van der Waals surface area contributed by atoms with Gasteiger partial charge >= 0.3 is 6.09 Å². The van der Waals surface area contributed by atoms with Crippen molar-refractivity contribution in [2.45, 2.75) is 78.2 Å². The molecule has 1 saturated heterocycles. The van der Waals surface area contributed by atoms with Gasteiger partial charge in [0.15, 0.2) is 0 Å². The molecule has 0 radical (unpaired) electrons. The number of ether oxygens (including phenoxy) is 3. The van der Waals surface area contributed by atoms with Crippen LogP contribution < -0.4 is 0 Å². The summed E-state index contributed by atoms with van der Waals surface area (Å²) in [7, 11) is 1.72. The SMILES string of the molecule is COCCCC(C)CC1COC(C)(C)N1C(=O)OC(C)(C)C. The topological polar surface area (TPSA) is 48.0 Å². The van der Waals surface area contributed by atoms with Gasteiger partial charge in [-0.05, 0) is 59.8 Å². The second kappa shape index (κ2) is 7.64. The van der Waals surface area contributed by atoms with Crippen molar-refractivity contribution < 1.29 is 19.0 Å². The second-order valence-corrected chi connectivity index (χ2v) is 7.74. The van der Waals surface area contributed by atoms with Gasteiger partial charge in [0.2, 0.25) is 0 Å². The van der Waals surface area contributed by atoms with Crippen molar-refractivity contribution in [3.63, 3.8) is 0 Å². The first-order valence-corrected chi connectivity index (χ1v) is 8.22. The molecule has 130 valence electrons. The molecule has 0 N–H and O–H groups in total. The molecule has 22 heavy (non-hydrogen) atoms.